The largest absolute Gasteiger partial charge is 0.461 e. The molecule has 0 bridgehead atoms. The summed E-state index contributed by atoms with van der Waals surface area (Å²) in [7, 11) is 0. The first-order chi connectivity index (χ1) is 12.5. The van der Waals surface area contributed by atoms with Crippen molar-refractivity contribution in [2.75, 3.05) is 0 Å². The molecule has 2 aromatic carbocycles. The molecule has 6 heteroatoms. The quantitative estimate of drug-likeness (QED) is 0.394. The third-order valence-electron chi connectivity index (χ3n) is 4.33. The van der Waals surface area contributed by atoms with E-state index in [2.05, 4.69) is 4.98 Å². The highest BCUT2D eigenvalue weighted by Gasteiger charge is 2.14. The Kier molecular flexibility index (Phi) is 4.93. The number of aryl methyl sites for hydroxylation is 2. The topological polar surface area (TPSA) is 82.3 Å². The smallest absolute Gasteiger partial charge is 0.310 e. The second-order valence-electron chi connectivity index (χ2n) is 6.08. The summed E-state index contributed by atoms with van der Waals surface area (Å²) < 4.78 is 5.30. The van der Waals surface area contributed by atoms with Crippen LogP contribution in [0.3, 0.4) is 0 Å². The lowest BCUT2D eigenvalue weighted by Gasteiger charge is -2.12. The summed E-state index contributed by atoms with van der Waals surface area (Å²) in [5, 5.41) is 11.8. The van der Waals surface area contributed by atoms with Crippen molar-refractivity contribution in [1.82, 2.24) is 4.98 Å². The van der Waals surface area contributed by atoms with Crippen molar-refractivity contribution in [2.45, 2.75) is 26.9 Å². The zero-order valence-electron chi connectivity index (χ0n) is 14.6. The van der Waals surface area contributed by atoms with E-state index in [0.29, 0.717) is 5.56 Å². The summed E-state index contributed by atoms with van der Waals surface area (Å²) in [4.78, 5) is 27.1. The molecule has 0 saturated heterocycles. The molecule has 0 amide bonds. The Morgan fingerprint density at radius 3 is 2.69 bits per heavy atom. The number of nitro benzene ring substituents is 1. The maximum Gasteiger partial charge on any atom is 0.310 e. The lowest BCUT2D eigenvalue weighted by atomic mass is 10.00. The van der Waals surface area contributed by atoms with Gasteiger partial charge >= 0.3 is 5.97 Å². The van der Waals surface area contributed by atoms with Crippen LogP contribution in [0.1, 0.15) is 22.4 Å². The first kappa shape index (κ1) is 17.5. The van der Waals surface area contributed by atoms with Gasteiger partial charge in [-0.2, -0.15) is 0 Å². The van der Waals surface area contributed by atoms with E-state index in [1.165, 1.54) is 12.1 Å². The van der Waals surface area contributed by atoms with Crippen LogP contribution in [-0.4, -0.2) is 15.9 Å². The molecule has 0 aliphatic heterocycles. The monoisotopic (exact) mass is 350 g/mol. The van der Waals surface area contributed by atoms with E-state index >= 15 is 0 Å². The van der Waals surface area contributed by atoms with E-state index in [9.17, 15) is 14.9 Å². The number of aromatic nitrogens is 1. The van der Waals surface area contributed by atoms with E-state index in [4.69, 9.17) is 4.74 Å². The van der Waals surface area contributed by atoms with Gasteiger partial charge in [-0.1, -0.05) is 30.3 Å². The van der Waals surface area contributed by atoms with E-state index in [1.807, 2.05) is 38.1 Å². The van der Waals surface area contributed by atoms with Gasteiger partial charge in [-0.05, 0) is 36.6 Å². The Hall–Kier alpha value is -3.28. The first-order valence-corrected chi connectivity index (χ1v) is 8.19. The summed E-state index contributed by atoms with van der Waals surface area (Å²) in [5.74, 6) is -0.389. The van der Waals surface area contributed by atoms with Crippen LogP contribution in [0, 0.1) is 24.0 Å². The van der Waals surface area contributed by atoms with Crippen LogP contribution in [0.25, 0.3) is 10.9 Å². The van der Waals surface area contributed by atoms with Gasteiger partial charge in [-0.3, -0.25) is 19.9 Å². The zero-order chi connectivity index (χ0) is 18.7. The lowest BCUT2D eigenvalue weighted by Crippen LogP contribution is -2.11. The Bertz CT molecular complexity index is 998. The number of para-hydroxylation sites is 1. The molecule has 0 unspecified atom stereocenters. The molecule has 0 fully saturated rings. The average molecular weight is 350 g/mol. The van der Waals surface area contributed by atoms with Gasteiger partial charge in [0.05, 0.1) is 16.9 Å². The second kappa shape index (κ2) is 7.31. The Morgan fingerprint density at radius 2 is 1.92 bits per heavy atom. The molecule has 1 heterocycles. The number of pyridine rings is 1. The third kappa shape index (κ3) is 3.69. The minimum Gasteiger partial charge on any atom is -0.461 e. The predicted octanol–water partition coefficient (Wildman–Crippen LogP) is 4.05. The van der Waals surface area contributed by atoms with Gasteiger partial charge in [-0.25, -0.2) is 0 Å². The van der Waals surface area contributed by atoms with Gasteiger partial charge in [0.2, 0.25) is 0 Å². The molecule has 132 valence electrons. The zero-order valence-corrected chi connectivity index (χ0v) is 14.6. The minimum atomic E-state index is -0.473. The minimum absolute atomic E-state index is 0.000379. The molecule has 0 aliphatic carbocycles. The number of non-ortho nitro benzene ring substituents is 1. The van der Waals surface area contributed by atoms with Gasteiger partial charge in [0, 0.05) is 23.2 Å². The normalized spacial score (nSPS) is 10.7. The fourth-order valence-electron chi connectivity index (χ4n) is 2.95. The molecule has 0 spiro atoms. The molecular formula is C20H18N2O4. The highest BCUT2D eigenvalue weighted by molar-refractivity contribution is 5.85. The summed E-state index contributed by atoms with van der Waals surface area (Å²) in [6.07, 6.45) is 0.116. The number of carbonyl (C=O) groups excluding carboxylic acids is 1. The van der Waals surface area contributed by atoms with E-state index < -0.39 is 4.92 Å². The number of nitrogens with zero attached hydrogens (tertiary/aromatic N) is 2. The highest BCUT2D eigenvalue weighted by Crippen LogP contribution is 2.23. The summed E-state index contributed by atoms with van der Waals surface area (Å²) in [6.45, 7) is 3.85. The molecule has 0 radical (unpaired) electrons. The Labute approximate surface area is 150 Å². The number of esters is 1. The van der Waals surface area contributed by atoms with Gasteiger partial charge in [0.15, 0.2) is 0 Å². The number of fused-ring (bicyclic) bond motifs is 1. The van der Waals surface area contributed by atoms with Gasteiger partial charge in [-0.15, -0.1) is 0 Å². The highest BCUT2D eigenvalue weighted by atomic mass is 16.6. The first-order valence-electron chi connectivity index (χ1n) is 8.19. The van der Waals surface area contributed by atoms with Gasteiger partial charge in [0.25, 0.3) is 5.69 Å². The molecule has 1 aromatic heterocycles. The molecule has 0 saturated carbocycles. The molecule has 26 heavy (non-hydrogen) atoms. The van der Waals surface area contributed by atoms with Crippen LogP contribution < -0.4 is 0 Å². The van der Waals surface area contributed by atoms with E-state index in [-0.39, 0.29) is 24.7 Å². The molecule has 0 aliphatic rings. The maximum atomic E-state index is 12.3. The number of nitro groups is 1. The maximum absolute atomic E-state index is 12.3. The van der Waals surface area contributed by atoms with Gasteiger partial charge < -0.3 is 4.74 Å². The summed E-state index contributed by atoms with van der Waals surface area (Å²) in [6, 6.07) is 13.9. The Balaban J connectivity index is 1.73. The number of carbonyl (C=O) groups is 1. The van der Waals surface area contributed by atoms with Crippen molar-refractivity contribution in [3.8, 4) is 0 Å². The van der Waals surface area contributed by atoms with Gasteiger partial charge in [0.1, 0.15) is 6.61 Å². The standard InChI is InChI=1S/C20H18N2O4/c1-13-17-8-3-4-9-19(17)21-14(2)18(13)11-20(23)26-12-15-6-5-7-16(10-15)22(24)25/h3-10H,11-12H2,1-2H3. The fraction of sp³-hybridized carbons (Fsp3) is 0.200. The van der Waals surface area contributed by atoms with Crippen molar-refractivity contribution < 1.29 is 14.5 Å². The van der Waals surface area contributed by atoms with E-state index in [1.54, 1.807) is 12.1 Å². The molecule has 6 nitrogen and oxygen atoms in total. The van der Waals surface area contributed by atoms with Crippen LogP contribution in [0.2, 0.25) is 0 Å². The molecule has 0 N–H and O–H groups in total. The van der Waals surface area contributed by atoms with Crippen molar-refractivity contribution in [3.05, 3.63) is 81.0 Å². The SMILES string of the molecule is Cc1nc2ccccc2c(C)c1CC(=O)OCc1cccc([N+](=O)[O-])c1. The van der Waals surface area contributed by atoms with Crippen LogP contribution >= 0.6 is 0 Å². The molecule has 3 aromatic rings. The fourth-order valence-corrected chi connectivity index (χ4v) is 2.95. The van der Waals surface area contributed by atoms with Crippen molar-refractivity contribution in [3.63, 3.8) is 0 Å². The lowest BCUT2D eigenvalue weighted by molar-refractivity contribution is -0.384. The van der Waals surface area contributed by atoms with E-state index in [0.717, 1.165) is 27.7 Å². The van der Waals surface area contributed by atoms with Crippen molar-refractivity contribution in [1.29, 1.82) is 0 Å². The second-order valence-corrected chi connectivity index (χ2v) is 6.08. The number of ether oxygens (including phenoxy) is 1. The summed E-state index contributed by atoms with van der Waals surface area (Å²) in [5.41, 5.74) is 4.12. The number of hydrogen-bond donors (Lipinski definition) is 0. The number of benzene rings is 2. The number of hydrogen-bond acceptors (Lipinski definition) is 5. The molecule has 0 atom stereocenters. The molecule has 3 rings (SSSR count). The third-order valence-corrected chi connectivity index (χ3v) is 4.33. The molecular weight excluding hydrogens is 332 g/mol. The van der Waals surface area contributed by atoms with Crippen molar-refractivity contribution in [2.24, 2.45) is 0 Å². The van der Waals surface area contributed by atoms with Crippen LogP contribution in [0.4, 0.5) is 5.69 Å². The van der Waals surface area contributed by atoms with Crippen LogP contribution in [0.15, 0.2) is 48.5 Å². The summed E-state index contributed by atoms with van der Waals surface area (Å²) >= 11 is 0. The van der Waals surface area contributed by atoms with Crippen LogP contribution in [-0.2, 0) is 22.6 Å². The predicted molar refractivity (Wildman–Crippen MR) is 97.8 cm³/mol. The average Bonchev–Trinajstić information content (AvgIpc) is 2.63. The van der Waals surface area contributed by atoms with Crippen LogP contribution in [0.5, 0.6) is 0 Å². The number of rotatable bonds is 5. The van der Waals surface area contributed by atoms with Crippen molar-refractivity contribution >= 4 is 22.6 Å². The Morgan fingerprint density at radius 1 is 1.15 bits per heavy atom.